The minimum absolute atomic E-state index is 0.0259. The molecule has 1 aliphatic carbocycles. The van der Waals surface area contributed by atoms with Crippen molar-refractivity contribution in [1.29, 1.82) is 0 Å². The number of nitrogens with one attached hydrogen (secondary N) is 1. The van der Waals surface area contributed by atoms with Crippen LogP contribution in [0.2, 0.25) is 0 Å². The predicted octanol–water partition coefficient (Wildman–Crippen LogP) is 0.245. The molecule has 4 unspecified atom stereocenters. The summed E-state index contributed by atoms with van der Waals surface area (Å²) in [5.41, 5.74) is 6.88. The molecule has 4 atom stereocenters. The van der Waals surface area contributed by atoms with Crippen molar-refractivity contribution in [1.82, 2.24) is 10.3 Å². The van der Waals surface area contributed by atoms with Crippen LogP contribution in [0.25, 0.3) is 0 Å². The molecule has 0 spiro atoms. The van der Waals surface area contributed by atoms with Crippen LogP contribution < -0.4 is 11.1 Å². The summed E-state index contributed by atoms with van der Waals surface area (Å²) in [7, 11) is 0. The van der Waals surface area contributed by atoms with Gasteiger partial charge in [-0.1, -0.05) is 6.07 Å². The van der Waals surface area contributed by atoms with Crippen molar-refractivity contribution >= 4 is 5.91 Å². The molecule has 0 bridgehead atoms. The van der Waals surface area contributed by atoms with Gasteiger partial charge in [0, 0.05) is 30.5 Å². The zero-order valence-electron chi connectivity index (χ0n) is 10.8. The fourth-order valence-corrected chi connectivity index (χ4v) is 3.03. The number of ether oxygens (including phenoxy) is 1. The van der Waals surface area contributed by atoms with Crippen LogP contribution in [-0.2, 0) is 16.0 Å². The Balaban J connectivity index is 1.55. The number of pyridine rings is 1. The predicted molar refractivity (Wildman–Crippen MR) is 70.3 cm³/mol. The average Bonchev–Trinajstić information content (AvgIpc) is 2.45. The fourth-order valence-electron chi connectivity index (χ4n) is 3.03. The molecular weight excluding hydrogens is 242 g/mol. The summed E-state index contributed by atoms with van der Waals surface area (Å²) < 4.78 is 5.70. The molecule has 102 valence electrons. The summed E-state index contributed by atoms with van der Waals surface area (Å²) in [5, 5.41) is 2.98. The Bertz CT molecular complexity index is 451. The van der Waals surface area contributed by atoms with Crippen LogP contribution >= 0.6 is 0 Å². The first-order valence-corrected chi connectivity index (χ1v) is 6.82. The van der Waals surface area contributed by atoms with Crippen molar-refractivity contribution in [3.8, 4) is 0 Å². The summed E-state index contributed by atoms with van der Waals surface area (Å²) in [5.74, 6) is 0.376. The number of nitrogens with two attached hydrogens (primary N) is 1. The highest BCUT2D eigenvalue weighted by Gasteiger charge is 2.50. The number of rotatable bonds is 3. The van der Waals surface area contributed by atoms with Crippen LogP contribution in [0.15, 0.2) is 24.4 Å². The number of amides is 1. The smallest absolute Gasteiger partial charge is 0.226 e. The molecule has 2 aliphatic rings. The Labute approximate surface area is 112 Å². The maximum Gasteiger partial charge on any atom is 0.226 e. The molecule has 1 aromatic rings. The molecule has 3 rings (SSSR count). The highest BCUT2D eigenvalue weighted by molar-refractivity contribution is 5.78. The Morgan fingerprint density at radius 2 is 2.42 bits per heavy atom. The number of carbonyl (C=O) groups excluding carboxylic acids is 1. The van der Waals surface area contributed by atoms with Gasteiger partial charge in [-0.15, -0.1) is 0 Å². The monoisotopic (exact) mass is 261 g/mol. The lowest BCUT2D eigenvalue weighted by molar-refractivity contribution is -0.138. The molecule has 2 heterocycles. The lowest BCUT2D eigenvalue weighted by Crippen LogP contribution is -2.72. The van der Waals surface area contributed by atoms with E-state index in [1.807, 2.05) is 18.2 Å². The molecule has 19 heavy (non-hydrogen) atoms. The van der Waals surface area contributed by atoms with Gasteiger partial charge in [0.25, 0.3) is 0 Å². The van der Waals surface area contributed by atoms with Crippen LogP contribution in [0.1, 0.15) is 18.5 Å². The van der Waals surface area contributed by atoms with E-state index in [1.54, 1.807) is 6.20 Å². The Morgan fingerprint density at radius 3 is 3.21 bits per heavy atom. The first-order valence-electron chi connectivity index (χ1n) is 6.82. The second-order valence-electron chi connectivity index (χ2n) is 5.31. The van der Waals surface area contributed by atoms with Crippen LogP contribution in [0.3, 0.4) is 0 Å². The van der Waals surface area contributed by atoms with Crippen LogP contribution in [0.5, 0.6) is 0 Å². The quantitative estimate of drug-likeness (QED) is 0.817. The molecule has 1 aromatic heterocycles. The molecule has 5 nitrogen and oxygen atoms in total. The SMILES string of the molecule is NC1C2CCCOC2C1NC(=O)Cc1ccccn1. The van der Waals surface area contributed by atoms with E-state index in [4.69, 9.17) is 10.5 Å². The van der Waals surface area contributed by atoms with Gasteiger partial charge in [0.05, 0.1) is 18.6 Å². The van der Waals surface area contributed by atoms with Crippen LogP contribution in [0, 0.1) is 5.92 Å². The number of hydrogen-bond donors (Lipinski definition) is 2. The van der Waals surface area contributed by atoms with E-state index < -0.39 is 0 Å². The molecule has 5 heteroatoms. The molecular formula is C14H19N3O2. The summed E-state index contributed by atoms with van der Waals surface area (Å²) in [6.45, 7) is 0.778. The summed E-state index contributed by atoms with van der Waals surface area (Å²) >= 11 is 0. The number of nitrogens with zero attached hydrogens (tertiary/aromatic N) is 1. The largest absolute Gasteiger partial charge is 0.376 e. The van der Waals surface area contributed by atoms with Gasteiger partial charge in [0.2, 0.25) is 5.91 Å². The summed E-state index contributed by atoms with van der Waals surface area (Å²) in [4.78, 5) is 16.1. The minimum Gasteiger partial charge on any atom is -0.376 e. The topological polar surface area (TPSA) is 77.2 Å². The molecule has 1 aliphatic heterocycles. The molecule has 3 N–H and O–H groups in total. The van der Waals surface area contributed by atoms with Crippen LogP contribution in [0.4, 0.5) is 0 Å². The van der Waals surface area contributed by atoms with Gasteiger partial charge >= 0.3 is 0 Å². The molecule has 1 saturated carbocycles. The average molecular weight is 261 g/mol. The molecule has 1 saturated heterocycles. The van der Waals surface area contributed by atoms with E-state index in [0.29, 0.717) is 12.3 Å². The van der Waals surface area contributed by atoms with E-state index >= 15 is 0 Å². The minimum atomic E-state index is -0.0403. The van der Waals surface area contributed by atoms with Crippen molar-refractivity contribution < 1.29 is 9.53 Å². The highest BCUT2D eigenvalue weighted by Crippen LogP contribution is 2.36. The maximum absolute atomic E-state index is 12.0. The Kier molecular flexibility index (Phi) is 3.48. The normalized spacial score (nSPS) is 33.1. The maximum atomic E-state index is 12.0. The molecule has 0 aromatic carbocycles. The number of fused-ring (bicyclic) bond motifs is 1. The third kappa shape index (κ3) is 2.48. The summed E-state index contributed by atoms with van der Waals surface area (Å²) in [6.07, 6.45) is 4.28. The van der Waals surface area contributed by atoms with Gasteiger partial charge in [-0.3, -0.25) is 9.78 Å². The fraction of sp³-hybridized carbons (Fsp3) is 0.571. The lowest BCUT2D eigenvalue weighted by atomic mass is 9.68. The van der Waals surface area contributed by atoms with Crippen molar-refractivity contribution in [2.75, 3.05) is 6.61 Å². The van der Waals surface area contributed by atoms with E-state index in [1.165, 1.54) is 0 Å². The number of hydrogen-bond acceptors (Lipinski definition) is 4. The van der Waals surface area contributed by atoms with Gasteiger partial charge in [-0.2, -0.15) is 0 Å². The number of aromatic nitrogens is 1. The van der Waals surface area contributed by atoms with Crippen molar-refractivity contribution in [3.05, 3.63) is 30.1 Å². The first kappa shape index (κ1) is 12.6. The van der Waals surface area contributed by atoms with E-state index in [0.717, 1.165) is 25.1 Å². The van der Waals surface area contributed by atoms with E-state index in [2.05, 4.69) is 10.3 Å². The third-order valence-electron chi connectivity index (χ3n) is 4.07. The van der Waals surface area contributed by atoms with E-state index in [-0.39, 0.29) is 24.1 Å². The van der Waals surface area contributed by atoms with Gasteiger partial charge < -0.3 is 15.8 Å². The molecule has 0 radical (unpaired) electrons. The second-order valence-corrected chi connectivity index (χ2v) is 5.31. The van der Waals surface area contributed by atoms with Crippen molar-refractivity contribution in [2.24, 2.45) is 11.7 Å². The number of carbonyl (C=O) groups is 1. The van der Waals surface area contributed by atoms with Crippen molar-refractivity contribution in [2.45, 2.75) is 37.5 Å². The Morgan fingerprint density at radius 1 is 1.53 bits per heavy atom. The third-order valence-corrected chi connectivity index (χ3v) is 4.07. The van der Waals surface area contributed by atoms with Crippen LogP contribution in [-0.4, -0.2) is 35.7 Å². The van der Waals surface area contributed by atoms with E-state index in [9.17, 15) is 4.79 Å². The second kappa shape index (κ2) is 5.27. The Hall–Kier alpha value is -1.46. The molecule has 2 fully saturated rings. The van der Waals surface area contributed by atoms with Crippen molar-refractivity contribution in [3.63, 3.8) is 0 Å². The standard InChI is InChI=1S/C14H19N3O2/c15-12-10-5-3-7-19-14(10)13(12)17-11(18)8-9-4-1-2-6-16-9/h1-2,4,6,10,12-14H,3,5,7-8,15H2,(H,17,18). The first-order chi connectivity index (χ1) is 9.25. The van der Waals surface area contributed by atoms with Gasteiger partial charge in [0.15, 0.2) is 0 Å². The zero-order chi connectivity index (χ0) is 13.2. The van der Waals surface area contributed by atoms with Gasteiger partial charge in [-0.05, 0) is 25.0 Å². The highest BCUT2D eigenvalue weighted by atomic mass is 16.5. The van der Waals surface area contributed by atoms with Gasteiger partial charge in [-0.25, -0.2) is 0 Å². The zero-order valence-corrected chi connectivity index (χ0v) is 10.8. The lowest BCUT2D eigenvalue weighted by Gasteiger charge is -2.52. The van der Waals surface area contributed by atoms with Gasteiger partial charge in [0.1, 0.15) is 0 Å². The molecule has 1 amide bonds. The summed E-state index contributed by atoms with van der Waals surface area (Å²) in [6, 6.07) is 5.55.